The number of ether oxygens (including phenoxy) is 4. The van der Waals surface area contributed by atoms with Crippen molar-refractivity contribution in [1.82, 2.24) is 4.98 Å². The Morgan fingerprint density at radius 2 is 1.65 bits per heavy atom. The van der Waals surface area contributed by atoms with Gasteiger partial charge in [-0.05, 0) is 67.8 Å². The van der Waals surface area contributed by atoms with Crippen LogP contribution in [0.1, 0.15) is 16.7 Å². The van der Waals surface area contributed by atoms with Crippen molar-refractivity contribution in [3.8, 4) is 23.0 Å². The zero-order valence-electron chi connectivity index (χ0n) is 21.6. The number of fused-ring (bicyclic) bond motifs is 1. The molecule has 1 amide bonds. The molecule has 0 aliphatic heterocycles. The number of anilines is 1. The highest BCUT2D eigenvalue weighted by Gasteiger charge is 2.15. The van der Waals surface area contributed by atoms with Gasteiger partial charge in [-0.1, -0.05) is 18.2 Å². The molecule has 0 spiro atoms. The summed E-state index contributed by atoms with van der Waals surface area (Å²) in [5, 5.41) is 3.64. The Balaban J connectivity index is 1.42. The van der Waals surface area contributed by atoms with Crippen molar-refractivity contribution in [2.24, 2.45) is 0 Å². The molecule has 1 N–H and O–H groups in total. The van der Waals surface area contributed by atoms with Gasteiger partial charge in [0, 0.05) is 34.0 Å². The zero-order chi connectivity index (χ0) is 26.4. The average molecular weight is 519 g/mol. The largest absolute Gasteiger partial charge is 0.493 e. The molecule has 0 aliphatic rings. The first kappa shape index (κ1) is 26.2. The van der Waals surface area contributed by atoms with Gasteiger partial charge in [-0.25, -0.2) is 4.79 Å². The maximum Gasteiger partial charge on any atom is 0.411 e. The number of amides is 1. The van der Waals surface area contributed by atoms with Gasteiger partial charge in [-0.3, -0.25) is 10.3 Å². The van der Waals surface area contributed by atoms with Crippen LogP contribution in [-0.4, -0.2) is 37.7 Å². The summed E-state index contributed by atoms with van der Waals surface area (Å²) in [7, 11) is 3.18. The van der Waals surface area contributed by atoms with Gasteiger partial charge < -0.3 is 18.9 Å². The molecule has 4 aromatic rings. The maximum absolute atomic E-state index is 12.4. The zero-order valence-corrected chi connectivity index (χ0v) is 22.4. The van der Waals surface area contributed by atoms with Gasteiger partial charge in [0.15, 0.2) is 11.5 Å². The van der Waals surface area contributed by atoms with E-state index < -0.39 is 6.09 Å². The normalized spacial score (nSPS) is 10.7. The molecule has 7 nitrogen and oxygen atoms in total. The molecule has 0 fully saturated rings. The SMILES string of the molecule is COc1cc2nccc(Oc3ccc(NC(=O)OCCSc4ccccc4C)c(C)c3C)c2cc1OC. The molecular weight excluding hydrogens is 488 g/mol. The van der Waals surface area contributed by atoms with E-state index in [4.69, 9.17) is 18.9 Å². The summed E-state index contributed by atoms with van der Waals surface area (Å²) in [6.45, 7) is 6.27. The second-order valence-corrected chi connectivity index (χ2v) is 9.51. The highest BCUT2D eigenvalue weighted by Crippen LogP contribution is 2.38. The number of carbonyl (C=O) groups excluding carboxylic acids is 1. The molecule has 4 rings (SSSR count). The standard InChI is InChI=1S/C29H30N2O5S/c1-18-8-6-7-9-28(18)37-15-14-35-29(32)31-22-10-11-24(20(3)19(22)2)36-25-12-13-30-23-17-27(34-5)26(33-4)16-21(23)25/h6-13,16-17H,14-15H2,1-5H3,(H,31,32). The number of hydrogen-bond donors (Lipinski definition) is 1. The molecule has 0 radical (unpaired) electrons. The summed E-state index contributed by atoms with van der Waals surface area (Å²) < 4.78 is 22.5. The van der Waals surface area contributed by atoms with Gasteiger partial charge in [-0.15, -0.1) is 11.8 Å². The van der Waals surface area contributed by atoms with Crippen LogP contribution in [-0.2, 0) is 4.74 Å². The predicted molar refractivity (Wildman–Crippen MR) is 148 cm³/mol. The Morgan fingerprint density at radius 1 is 0.892 bits per heavy atom. The number of carbonyl (C=O) groups is 1. The Morgan fingerprint density at radius 3 is 2.41 bits per heavy atom. The molecule has 37 heavy (non-hydrogen) atoms. The van der Waals surface area contributed by atoms with Gasteiger partial charge in [-0.2, -0.15) is 0 Å². The van der Waals surface area contributed by atoms with Gasteiger partial charge in [0.1, 0.15) is 18.1 Å². The van der Waals surface area contributed by atoms with Crippen LogP contribution in [0.15, 0.2) is 65.7 Å². The van der Waals surface area contributed by atoms with Crippen LogP contribution in [0.3, 0.4) is 0 Å². The highest BCUT2D eigenvalue weighted by atomic mass is 32.2. The van der Waals surface area contributed by atoms with E-state index in [2.05, 4.69) is 29.4 Å². The van der Waals surface area contributed by atoms with E-state index >= 15 is 0 Å². The molecular formula is C29H30N2O5S. The Labute approximate surface area is 221 Å². The van der Waals surface area contributed by atoms with Crippen LogP contribution in [0.25, 0.3) is 10.9 Å². The number of aromatic nitrogens is 1. The first-order chi connectivity index (χ1) is 17.9. The van der Waals surface area contributed by atoms with Crippen LogP contribution in [0.2, 0.25) is 0 Å². The fraction of sp³-hybridized carbons (Fsp3) is 0.241. The fourth-order valence-corrected chi connectivity index (χ4v) is 4.70. The third-order valence-electron chi connectivity index (χ3n) is 6.07. The van der Waals surface area contributed by atoms with Gasteiger partial charge >= 0.3 is 6.09 Å². The number of methoxy groups -OCH3 is 2. The van der Waals surface area contributed by atoms with Crippen molar-refractivity contribution in [3.05, 3.63) is 77.5 Å². The predicted octanol–water partition coefficient (Wildman–Crippen LogP) is 7.31. The smallest absolute Gasteiger partial charge is 0.411 e. The van der Waals surface area contributed by atoms with Crippen molar-refractivity contribution >= 4 is 34.4 Å². The molecule has 3 aromatic carbocycles. The lowest BCUT2D eigenvalue weighted by Gasteiger charge is -2.16. The van der Waals surface area contributed by atoms with Crippen molar-refractivity contribution in [2.45, 2.75) is 25.7 Å². The van der Waals surface area contributed by atoms with Crippen LogP contribution >= 0.6 is 11.8 Å². The Bertz CT molecular complexity index is 1420. The average Bonchev–Trinajstić information content (AvgIpc) is 2.91. The third-order valence-corrected chi connectivity index (χ3v) is 7.21. The molecule has 192 valence electrons. The molecule has 0 saturated heterocycles. The van der Waals surface area contributed by atoms with E-state index in [0.717, 1.165) is 22.0 Å². The number of nitrogens with zero attached hydrogens (tertiary/aromatic N) is 1. The number of thioether (sulfide) groups is 1. The summed E-state index contributed by atoms with van der Waals surface area (Å²) in [5.74, 6) is 3.19. The quantitative estimate of drug-likeness (QED) is 0.184. The van der Waals surface area contributed by atoms with E-state index in [0.29, 0.717) is 41.0 Å². The summed E-state index contributed by atoms with van der Waals surface area (Å²) in [4.78, 5) is 18.0. The molecule has 0 aliphatic carbocycles. The third kappa shape index (κ3) is 6.09. The van der Waals surface area contributed by atoms with Gasteiger partial charge in [0.25, 0.3) is 0 Å². The molecule has 0 unspecified atom stereocenters. The number of aryl methyl sites for hydroxylation is 1. The van der Waals surface area contributed by atoms with Crippen molar-refractivity contribution < 1.29 is 23.7 Å². The van der Waals surface area contributed by atoms with Crippen molar-refractivity contribution in [2.75, 3.05) is 31.9 Å². The topological polar surface area (TPSA) is 78.9 Å². The van der Waals surface area contributed by atoms with Crippen LogP contribution in [0, 0.1) is 20.8 Å². The first-order valence-electron chi connectivity index (χ1n) is 11.8. The summed E-state index contributed by atoms with van der Waals surface area (Å²) in [6, 6.07) is 17.3. The van der Waals surface area contributed by atoms with Crippen LogP contribution in [0.4, 0.5) is 10.5 Å². The summed E-state index contributed by atoms with van der Waals surface area (Å²) in [5.41, 5.74) is 4.40. The number of rotatable bonds is 9. The van der Waals surface area contributed by atoms with E-state index in [-0.39, 0.29) is 0 Å². The molecule has 0 bridgehead atoms. The lowest BCUT2D eigenvalue weighted by molar-refractivity contribution is 0.169. The van der Waals surface area contributed by atoms with Crippen molar-refractivity contribution in [1.29, 1.82) is 0 Å². The number of nitrogens with one attached hydrogen (secondary N) is 1. The van der Waals surface area contributed by atoms with E-state index in [9.17, 15) is 4.79 Å². The monoisotopic (exact) mass is 518 g/mol. The van der Waals surface area contributed by atoms with Crippen LogP contribution < -0.4 is 19.5 Å². The summed E-state index contributed by atoms with van der Waals surface area (Å²) >= 11 is 1.67. The second-order valence-electron chi connectivity index (χ2n) is 8.37. The summed E-state index contributed by atoms with van der Waals surface area (Å²) in [6.07, 6.45) is 1.21. The second kappa shape index (κ2) is 11.9. The first-order valence-corrected chi connectivity index (χ1v) is 12.8. The van der Waals surface area contributed by atoms with Crippen molar-refractivity contribution in [3.63, 3.8) is 0 Å². The van der Waals surface area contributed by atoms with E-state index in [1.165, 1.54) is 10.5 Å². The van der Waals surface area contributed by atoms with E-state index in [1.807, 2.05) is 56.3 Å². The van der Waals surface area contributed by atoms with Gasteiger partial charge in [0.2, 0.25) is 0 Å². The molecule has 0 atom stereocenters. The lowest BCUT2D eigenvalue weighted by Crippen LogP contribution is -2.16. The number of pyridine rings is 1. The highest BCUT2D eigenvalue weighted by molar-refractivity contribution is 7.99. The minimum absolute atomic E-state index is 0.313. The minimum atomic E-state index is -0.484. The molecule has 0 saturated carbocycles. The van der Waals surface area contributed by atoms with E-state index in [1.54, 1.807) is 32.2 Å². The Hall–Kier alpha value is -3.91. The van der Waals surface area contributed by atoms with Gasteiger partial charge in [0.05, 0.1) is 19.7 Å². The molecule has 8 heteroatoms. The maximum atomic E-state index is 12.4. The molecule has 1 aromatic heterocycles. The minimum Gasteiger partial charge on any atom is -0.493 e. The number of hydrogen-bond acceptors (Lipinski definition) is 7. The number of benzene rings is 3. The van der Waals surface area contributed by atoms with Crippen LogP contribution in [0.5, 0.6) is 23.0 Å². The fourth-order valence-electron chi connectivity index (χ4n) is 3.85. The lowest BCUT2D eigenvalue weighted by atomic mass is 10.1. The Kier molecular flexibility index (Phi) is 8.40. The molecule has 1 heterocycles.